The molecule has 0 N–H and O–H groups in total. The molecule has 4 nitrogen and oxygen atoms in total. The number of hydrogen-bond acceptors (Lipinski definition) is 4. The summed E-state index contributed by atoms with van der Waals surface area (Å²) in [5.74, 6) is 0.860. The smallest absolute Gasteiger partial charge is 0.0642 e. The number of rotatable bonds is 5. The van der Waals surface area contributed by atoms with E-state index < -0.39 is 0 Å². The summed E-state index contributed by atoms with van der Waals surface area (Å²) < 4.78 is 10.7. The molecule has 3 aliphatic rings. The second-order valence-corrected chi connectivity index (χ2v) is 6.93. The first-order chi connectivity index (χ1) is 10.8. The van der Waals surface area contributed by atoms with Crippen LogP contribution in [0.2, 0.25) is 0 Å². The molecule has 1 aromatic rings. The van der Waals surface area contributed by atoms with E-state index in [-0.39, 0.29) is 0 Å². The van der Waals surface area contributed by atoms with Gasteiger partial charge in [-0.2, -0.15) is 0 Å². The first-order valence-electron chi connectivity index (χ1n) is 8.46. The number of ether oxygens (including phenoxy) is 2. The van der Waals surface area contributed by atoms with Gasteiger partial charge in [-0.25, -0.2) is 0 Å². The van der Waals surface area contributed by atoms with E-state index in [1.54, 1.807) is 7.11 Å². The van der Waals surface area contributed by atoms with E-state index in [2.05, 4.69) is 34.1 Å². The SMILES string of the molecule is COCCN1CC2C[C@@]2(c2ccc(N3CCOCC3)cc2)C1. The largest absolute Gasteiger partial charge is 0.383 e. The van der Waals surface area contributed by atoms with Gasteiger partial charge < -0.3 is 14.4 Å². The maximum Gasteiger partial charge on any atom is 0.0642 e. The van der Waals surface area contributed by atoms with Gasteiger partial charge in [0.05, 0.1) is 19.8 Å². The van der Waals surface area contributed by atoms with Gasteiger partial charge in [0, 0.05) is 50.9 Å². The molecule has 0 bridgehead atoms. The van der Waals surface area contributed by atoms with E-state index in [1.807, 2.05) is 0 Å². The first-order valence-corrected chi connectivity index (χ1v) is 8.46. The predicted molar refractivity (Wildman–Crippen MR) is 87.6 cm³/mol. The Morgan fingerprint density at radius 1 is 1.23 bits per heavy atom. The molecule has 2 aliphatic heterocycles. The van der Waals surface area contributed by atoms with E-state index >= 15 is 0 Å². The molecule has 2 heterocycles. The van der Waals surface area contributed by atoms with Crippen LogP contribution in [0.4, 0.5) is 5.69 Å². The lowest BCUT2D eigenvalue weighted by Gasteiger charge is -2.29. The number of hydrogen-bond donors (Lipinski definition) is 0. The molecule has 0 spiro atoms. The Balaban J connectivity index is 1.43. The van der Waals surface area contributed by atoms with Crippen LogP contribution in [0.3, 0.4) is 0 Å². The average Bonchev–Trinajstić information content (AvgIpc) is 3.16. The van der Waals surface area contributed by atoms with Gasteiger partial charge in [0.25, 0.3) is 0 Å². The molecule has 22 heavy (non-hydrogen) atoms. The van der Waals surface area contributed by atoms with Crippen molar-refractivity contribution < 1.29 is 9.47 Å². The van der Waals surface area contributed by atoms with Crippen molar-refractivity contribution in [1.29, 1.82) is 0 Å². The lowest BCUT2D eigenvalue weighted by atomic mass is 9.94. The van der Waals surface area contributed by atoms with E-state index in [0.29, 0.717) is 5.41 Å². The third kappa shape index (κ3) is 2.53. The fourth-order valence-corrected chi connectivity index (χ4v) is 4.25. The molecule has 3 fully saturated rings. The Labute approximate surface area is 133 Å². The topological polar surface area (TPSA) is 24.9 Å². The number of likely N-dealkylation sites (tertiary alicyclic amines) is 1. The van der Waals surface area contributed by atoms with Crippen LogP contribution in [-0.2, 0) is 14.9 Å². The number of nitrogens with zero attached hydrogens (tertiary/aromatic N) is 2. The summed E-state index contributed by atoms with van der Waals surface area (Å²) in [4.78, 5) is 4.99. The van der Waals surface area contributed by atoms with Crippen LogP contribution < -0.4 is 4.90 Å². The Morgan fingerprint density at radius 3 is 2.73 bits per heavy atom. The number of fused-ring (bicyclic) bond motifs is 1. The summed E-state index contributed by atoms with van der Waals surface area (Å²) in [7, 11) is 1.79. The molecule has 0 aromatic heterocycles. The number of methoxy groups -OCH3 is 1. The van der Waals surface area contributed by atoms with Crippen molar-refractivity contribution in [1.82, 2.24) is 4.90 Å². The molecule has 1 aromatic carbocycles. The average molecular weight is 302 g/mol. The van der Waals surface area contributed by atoms with E-state index in [0.717, 1.165) is 45.4 Å². The molecule has 0 amide bonds. The van der Waals surface area contributed by atoms with Crippen LogP contribution in [0.5, 0.6) is 0 Å². The highest BCUT2D eigenvalue weighted by atomic mass is 16.5. The number of anilines is 1. The Kier molecular flexibility index (Phi) is 3.84. The maximum atomic E-state index is 5.44. The van der Waals surface area contributed by atoms with Gasteiger partial charge in [0.1, 0.15) is 0 Å². The summed E-state index contributed by atoms with van der Waals surface area (Å²) >= 11 is 0. The molecule has 0 radical (unpaired) electrons. The molecular weight excluding hydrogens is 276 g/mol. The quantitative estimate of drug-likeness (QED) is 0.827. The molecule has 4 rings (SSSR count). The van der Waals surface area contributed by atoms with Crippen LogP contribution in [0.1, 0.15) is 12.0 Å². The standard InChI is InChI=1S/C18H26N2O2/c1-21-9-6-19-13-16-12-18(16,14-19)15-2-4-17(5-3-15)20-7-10-22-11-8-20/h2-5,16H,6-14H2,1H3/t16?,18-/m0/s1. The van der Waals surface area contributed by atoms with Crippen molar-refractivity contribution in [3.05, 3.63) is 29.8 Å². The lowest BCUT2D eigenvalue weighted by Crippen LogP contribution is -2.36. The van der Waals surface area contributed by atoms with Crippen LogP contribution in [0, 0.1) is 5.92 Å². The van der Waals surface area contributed by atoms with Crippen LogP contribution >= 0.6 is 0 Å². The van der Waals surface area contributed by atoms with Gasteiger partial charge in [-0.15, -0.1) is 0 Å². The van der Waals surface area contributed by atoms with Gasteiger partial charge in [-0.05, 0) is 30.0 Å². The van der Waals surface area contributed by atoms with Crippen LogP contribution in [-0.4, -0.2) is 64.6 Å². The second kappa shape index (κ2) is 5.84. The zero-order valence-electron chi connectivity index (χ0n) is 13.5. The molecule has 2 saturated heterocycles. The highest BCUT2D eigenvalue weighted by molar-refractivity contribution is 5.50. The lowest BCUT2D eigenvalue weighted by molar-refractivity contribution is 0.122. The van der Waals surface area contributed by atoms with E-state index in [4.69, 9.17) is 9.47 Å². The third-order valence-corrected chi connectivity index (χ3v) is 5.65. The number of piperidine rings is 1. The van der Waals surface area contributed by atoms with E-state index in [9.17, 15) is 0 Å². The normalized spacial score (nSPS) is 31.3. The van der Waals surface area contributed by atoms with Gasteiger partial charge in [0.2, 0.25) is 0 Å². The first kappa shape index (κ1) is 14.5. The Bertz CT molecular complexity index is 512. The molecule has 4 heteroatoms. The van der Waals surface area contributed by atoms with Crippen molar-refractivity contribution in [2.24, 2.45) is 5.92 Å². The second-order valence-electron chi connectivity index (χ2n) is 6.93. The van der Waals surface area contributed by atoms with E-state index in [1.165, 1.54) is 30.8 Å². The molecule has 1 aliphatic carbocycles. The molecule has 1 saturated carbocycles. The minimum Gasteiger partial charge on any atom is -0.383 e. The van der Waals surface area contributed by atoms with Gasteiger partial charge in [-0.3, -0.25) is 4.90 Å². The zero-order valence-corrected chi connectivity index (χ0v) is 13.5. The van der Waals surface area contributed by atoms with Crippen LogP contribution in [0.25, 0.3) is 0 Å². The van der Waals surface area contributed by atoms with Crippen LogP contribution in [0.15, 0.2) is 24.3 Å². The zero-order chi connectivity index (χ0) is 15.0. The highest BCUT2D eigenvalue weighted by Crippen LogP contribution is 2.59. The van der Waals surface area contributed by atoms with Crippen molar-refractivity contribution in [2.45, 2.75) is 11.8 Å². The van der Waals surface area contributed by atoms with Gasteiger partial charge in [-0.1, -0.05) is 12.1 Å². The summed E-state index contributed by atoms with van der Waals surface area (Å²) in [6.07, 6.45) is 1.37. The fraction of sp³-hybridized carbons (Fsp3) is 0.667. The van der Waals surface area contributed by atoms with Crippen molar-refractivity contribution in [3.63, 3.8) is 0 Å². The van der Waals surface area contributed by atoms with Crippen molar-refractivity contribution >= 4 is 5.69 Å². The summed E-state index contributed by atoms with van der Waals surface area (Å²) in [6.45, 7) is 8.09. The minimum absolute atomic E-state index is 0.442. The predicted octanol–water partition coefficient (Wildman–Crippen LogP) is 1.74. The molecule has 2 atom stereocenters. The Morgan fingerprint density at radius 2 is 2.00 bits per heavy atom. The Hall–Kier alpha value is -1.10. The van der Waals surface area contributed by atoms with Crippen molar-refractivity contribution in [2.75, 3.05) is 64.6 Å². The highest BCUT2D eigenvalue weighted by Gasteiger charge is 2.60. The summed E-state index contributed by atoms with van der Waals surface area (Å²) in [6, 6.07) is 9.35. The minimum atomic E-state index is 0.442. The van der Waals surface area contributed by atoms with Gasteiger partial charge >= 0.3 is 0 Å². The van der Waals surface area contributed by atoms with Crippen molar-refractivity contribution in [3.8, 4) is 0 Å². The fourth-order valence-electron chi connectivity index (χ4n) is 4.25. The number of benzene rings is 1. The molecular formula is C18H26N2O2. The van der Waals surface area contributed by atoms with Gasteiger partial charge in [0.15, 0.2) is 0 Å². The molecule has 1 unspecified atom stereocenters. The number of morpholine rings is 1. The summed E-state index contributed by atoms with van der Waals surface area (Å²) in [5, 5.41) is 0. The summed E-state index contributed by atoms with van der Waals surface area (Å²) in [5.41, 5.74) is 3.32. The maximum absolute atomic E-state index is 5.44. The monoisotopic (exact) mass is 302 g/mol. The third-order valence-electron chi connectivity index (χ3n) is 5.65. The molecule has 120 valence electrons.